The molecule has 0 saturated carbocycles. The summed E-state index contributed by atoms with van der Waals surface area (Å²) in [6, 6.07) is 15.2. The largest absolute Gasteiger partial charge is 0.389 e. The van der Waals surface area contributed by atoms with Crippen LogP contribution in [0.4, 0.5) is 10.1 Å². The highest BCUT2D eigenvalue weighted by atomic mass is 32.1. The molecule has 20 heavy (non-hydrogen) atoms. The van der Waals surface area contributed by atoms with Crippen LogP contribution in [-0.2, 0) is 6.42 Å². The second kappa shape index (κ2) is 6.48. The molecule has 104 valence electrons. The van der Waals surface area contributed by atoms with E-state index in [1.54, 1.807) is 12.1 Å². The summed E-state index contributed by atoms with van der Waals surface area (Å²) in [5.74, 6) is -0.394. The number of nitrogens with one attached hydrogen (secondary N) is 1. The monoisotopic (exact) mass is 288 g/mol. The lowest BCUT2D eigenvalue weighted by atomic mass is 10.1. The van der Waals surface area contributed by atoms with Crippen LogP contribution < -0.4 is 11.1 Å². The van der Waals surface area contributed by atoms with Crippen molar-refractivity contribution in [2.45, 2.75) is 19.4 Å². The lowest BCUT2D eigenvalue weighted by Gasteiger charge is -2.16. The van der Waals surface area contributed by atoms with Crippen molar-refractivity contribution in [3.63, 3.8) is 0 Å². The molecular formula is C16H17FN2S. The first-order chi connectivity index (χ1) is 9.56. The second-order valence-electron chi connectivity index (χ2n) is 4.79. The quantitative estimate of drug-likeness (QED) is 0.827. The molecule has 2 nitrogen and oxygen atoms in total. The third kappa shape index (κ3) is 3.78. The molecule has 0 saturated heterocycles. The van der Waals surface area contributed by atoms with E-state index in [9.17, 15) is 4.39 Å². The van der Waals surface area contributed by atoms with Crippen molar-refractivity contribution in [3.05, 3.63) is 65.5 Å². The summed E-state index contributed by atoms with van der Waals surface area (Å²) in [7, 11) is 0. The zero-order valence-electron chi connectivity index (χ0n) is 11.3. The Morgan fingerprint density at radius 2 is 1.95 bits per heavy atom. The molecule has 2 aromatic rings. The lowest BCUT2D eigenvalue weighted by Crippen LogP contribution is -2.18. The summed E-state index contributed by atoms with van der Waals surface area (Å²) < 4.78 is 13.8. The third-order valence-electron chi connectivity index (χ3n) is 3.03. The van der Waals surface area contributed by atoms with Crippen molar-refractivity contribution < 1.29 is 4.39 Å². The predicted molar refractivity (Wildman–Crippen MR) is 85.5 cm³/mol. The number of halogens is 1. The van der Waals surface area contributed by atoms with Crippen LogP contribution in [0.5, 0.6) is 0 Å². The average molecular weight is 288 g/mol. The Hall–Kier alpha value is -1.94. The maximum Gasteiger partial charge on any atom is 0.135 e. The highest BCUT2D eigenvalue weighted by Gasteiger charge is 2.08. The van der Waals surface area contributed by atoms with E-state index in [2.05, 4.69) is 24.4 Å². The van der Waals surface area contributed by atoms with Crippen molar-refractivity contribution in [2.24, 2.45) is 5.73 Å². The number of anilines is 1. The van der Waals surface area contributed by atoms with E-state index in [1.807, 2.05) is 18.2 Å². The van der Waals surface area contributed by atoms with Crippen LogP contribution in [0.2, 0.25) is 0 Å². The van der Waals surface area contributed by atoms with Gasteiger partial charge < -0.3 is 11.1 Å². The first-order valence-electron chi connectivity index (χ1n) is 6.46. The zero-order chi connectivity index (χ0) is 14.5. The molecular weight excluding hydrogens is 271 g/mol. The lowest BCUT2D eigenvalue weighted by molar-refractivity contribution is 0.625. The molecule has 0 aliphatic carbocycles. The third-order valence-corrected chi connectivity index (χ3v) is 3.25. The molecule has 1 atom stereocenters. The van der Waals surface area contributed by atoms with Gasteiger partial charge in [-0.3, -0.25) is 0 Å². The predicted octanol–water partition coefficient (Wildman–Crippen LogP) is 3.50. The molecule has 0 aromatic heterocycles. The average Bonchev–Trinajstić information content (AvgIpc) is 2.39. The fraction of sp³-hybridized carbons (Fsp3) is 0.188. The van der Waals surface area contributed by atoms with Gasteiger partial charge in [-0.25, -0.2) is 4.39 Å². The van der Waals surface area contributed by atoms with E-state index in [0.29, 0.717) is 0 Å². The molecule has 1 unspecified atom stereocenters. The molecule has 4 heteroatoms. The highest BCUT2D eigenvalue weighted by molar-refractivity contribution is 7.80. The molecule has 0 aliphatic heterocycles. The number of benzene rings is 2. The Morgan fingerprint density at radius 3 is 2.55 bits per heavy atom. The Morgan fingerprint density at radius 1 is 1.25 bits per heavy atom. The summed E-state index contributed by atoms with van der Waals surface area (Å²) in [5.41, 5.74) is 7.69. The van der Waals surface area contributed by atoms with Gasteiger partial charge in [-0.2, -0.15) is 0 Å². The van der Waals surface area contributed by atoms with Gasteiger partial charge in [-0.05, 0) is 37.1 Å². The minimum atomic E-state index is -0.394. The summed E-state index contributed by atoms with van der Waals surface area (Å²) in [6.07, 6.45) is 0.875. The fourth-order valence-electron chi connectivity index (χ4n) is 2.11. The van der Waals surface area contributed by atoms with Crippen LogP contribution in [0.1, 0.15) is 18.1 Å². The van der Waals surface area contributed by atoms with Gasteiger partial charge >= 0.3 is 0 Å². The molecule has 0 fully saturated rings. The van der Waals surface area contributed by atoms with Crippen molar-refractivity contribution >= 4 is 22.9 Å². The number of thiocarbonyl (C=S) groups is 1. The van der Waals surface area contributed by atoms with Crippen LogP contribution >= 0.6 is 12.2 Å². The molecule has 3 N–H and O–H groups in total. The minimum Gasteiger partial charge on any atom is -0.389 e. The van der Waals surface area contributed by atoms with Crippen LogP contribution in [-0.4, -0.2) is 11.0 Å². The molecule has 0 radical (unpaired) electrons. The van der Waals surface area contributed by atoms with Gasteiger partial charge in [0.2, 0.25) is 0 Å². The SMILES string of the molecule is CC(Cc1ccccc1)Nc1ccc(C(N)=S)c(F)c1. The summed E-state index contributed by atoms with van der Waals surface area (Å²) >= 11 is 4.78. The maximum absolute atomic E-state index is 13.8. The molecule has 0 heterocycles. The molecule has 0 bridgehead atoms. The van der Waals surface area contributed by atoms with Gasteiger partial charge in [-0.15, -0.1) is 0 Å². The Kier molecular flexibility index (Phi) is 4.69. The maximum atomic E-state index is 13.8. The van der Waals surface area contributed by atoms with E-state index in [1.165, 1.54) is 11.6 Å². The van der Waals surface area contributed by atoms with E-state index in [4.69, 9.17) is 18.0 Å². The molecule has 2 aromatic carbocycles. The van der Waals surface area contributed by atoms with Gasteiger partial charge in [0.25, 0.3) is 0 Å². The summed E-state index contributed by atoms with van der Waals surface area (Å²) in [4.78, 5) is 0.0754. The standard InChI is InChI=1S/C16H17FN2S/c1-11(9-12-5-3-2-4-6-12)19-13-7-8-14(16(18)20)15(17)10-13/h2-8,10-11,19H,9H2,1H3,(H2,18,20). The van der Waals surface area contributed by atoms with Crippen LogP contribution in [0.3, 0.4) is 0 Å². The van der Waals surface area contributed by atoms with Crippen LogP contribution in [0, 0.1) is 5.82 Å². The molecule has 0 spiro atoms. The van der Waals surface area contributed by atoms with Gasteiger partial charge in [0.1, 0.15) is 10.8 Å². The van der Waals surface area contributed by atoms with Crippen molar-refractivity contribution in [2.75, 3.05) is 5.32 Å². The van der Waals surface area contributed by atoms with Gasteiger partial charge in [0, 0.05) is 17.3 Å². The Bertz CT molecular complexity index is 599. The van der Waals surface area contributed by atoms with E-state index in [0.717, 1.165) is 12.1 Å². The number of hydrogen-bond acceptors (Lipinski definition) is 2. The van der Waals surface area contributed by atoms with Gasteiger partial charge in [-0.1, -0.05) is 42.5 Å². The van der Waals surface area contributed by atoms with Gasteiger partial charge in [0.15, 0.2) is 0 Å². The normalized spacial score (nSPS) is 11.9. The topological polar surface area (TPSA) is 38.0 Å². The van der Waals surface area contributed by atoms with Crippen LogP contribution in [0.15, 0.2) is 48.5 Å². The molecule has 0 amide bonds. The van der Waals surface area contributed by atoms with E-state index in [-0.39, 0.29) is 16.6 Å². The van der Waals surface area contributed by atoms with Crippen molar-refractivity contribution in [1.29, 1.82) is 0 Å². The molecule has 0 aliphatic rings. The summed E-state index contributed by atoms with van der Waals surface area (Å²) in [5, 5.41) is 3.27. The van der Waals surface area contributed by atoms with Crippen molar-refractivity contribution in [1.82, 2.24) is 0 Å². The fourth-order valence-corrected chi connectivity index (χ4v) is 2.27. The van der Waals surface area contributed by atoms with Gasteiger partial charge in [0.05, 0.1) is 0 Å². The second-order valence-corrected chi connectivity index (χ2v) is 5.23. The first kappa shape index (κ1) is 14.5. The number of rotatable bonds is 5. The zero-order valence-corrected chi connectivity index (χ0v) is 12.1. The number of hydrogen-bond donors (Lipinski definition) is 2. The van der Waals surface area contributed by atoms with Crippen molar-refractivity contribution in [3.8, 4) is 0 Å². The smallest absolute Gasteiger partial charge is 0.135 e. The minimum absolute atomic E-state index is 0.0754. The highest BCUT2D eigenvalue weighted by Crippen LogP contribution is 2.16. The summed E-state index contributed by atoms with van der Waals surface area (Å²) in [6.45, 7) is 2.06. The Labute approximate surface area is 123 Å². The van der Waals surface area contributed by atoms with E-state index >= 15 is 0 Å². The molecule has 2 rings (SSSR count). The number of nitrogens with two attached hydrogens (primary N) is 1. The van der Waals surface area contributed by atoms with E-state index < -0.39 is 5.82 Å². The van der Waals surface area contributed by atoms with Crippen LogP contribution in [0.25, 0.3) is 0 Å². The first-order valence-corrected chi connectivity index (χ1v) is 6.87. The Balaban J connectivity index is 2.03.